The number of carboxylic acids is 2. The van der Waals surface area contributed by atoms with Gasteiger partial charge in [0.1, 0.15) is 18.6 Å². The Balaban J connectivity index is -0.000000602. The Bertz CT molecular complexity index is 405. The molecule has 2 atom stereocenters. The van der Waals surface area contributed by atoms with Crippen LogP contribution in [0.3, 0.4) is 0 Å². The number of amides is 2. The second kappa shape index (κ2) is 12.0. The molecule has 6 N–H and O–H groups in total. The molecule has 0 radical (unpaired) electrons. The minimum atomic E-state index is -1.22. The Kier molecular flexibility index (Phi) is 13.0. The maximum absolute atomic E-state index is 11.5. The molecule has 0 fully saturated rings. The predicted octanol–water partition coefficient (Wildman–Crippen LogP) is -2.36. The predicted molar refractivity (Wildman–Crippen MR) is 79.3 cm³/mol. The van der Waals surface area contributed by atoms with Gasteiger partial charge in [-0.05, 0) is 6.42 Å². The fourth-order valence-electron chi connectivity index (χ4n) is 1.16. The van der Waals surface area contributed by atoms with Crippen molar-refractivity contribution in [3.8, 4) is 0 Å². The van der Waals surface area contributed by atoms with Crippen LogP contribution in [0.15, 0.2) is 0 Å². The van der Waals surface area contributed by atoms with Gasteiger partial charge in [-0.25, -0.2) is 0 Å². The number of rotatable bonds is 9. The summed E-state index contributed by atoms with van der Waals surface area (Å²) in [5.74, 6) is -3.70. The van der Waals surface area contributed by atoms with Gasteiger partial charge in [0, 0.05) is 12.2 Å². The molecule has 11 heteroatoms. The molecular weight excluding hydrogens is 330 g/mol. The molecule has 2 amide bonds. The summed E-state index contributed by atoms with van der Waals surface area (Å²) in [6, 6.07) is -2.15. The van der Waals surface area contributed by atoms with E-state index in [1.54, 1.807) is 0 Å². The van der Waals surface area contributed by atoms with Crippen LogP contribution in [0.1, 0.15) is 15.7 Å². The fraction of sp³-hybridized carbons (Fsp3) is 0.600. The number of carboxylic acid groups (broad SMARTS) is 2. The van der Waals surface area contributed by atoms with Gasteiger partial charge in [-0.1, -0.05) is 0 Å². The number of thiol groups is 1. The number of hydrogen-bond acceptors (Lipinski definition) is 6. The van der Waals surface area contributed by atoms with Gasteiger partial charge in [0.2, 0.25) is 11.8 Å². The Morgan fingerprint density at radius 1 is 1.24 bits per heavy atom. The Morgan fingerprint density at radius 2 is 1.81 bits per heavy atom. The monoisotopic (exact) mass is 349 g/mol. The molecule has 0 aromatic rings. The first-order valence-corrected chi connectivity index (χ1v) is 6.29. The molecule has 9 nitrogen and oxygen atoms in total. The average Bonchev–Trinajstić information content (AvgIpc) is 2.38. The molecule has 0 aliphatic heterocycles. The molecule has 0 aromatic heterocycles. The summed E-state index contributed by atoms with van der Waals surface area (Å²) in [5, 5.41) is 21.4. The molecule has 0 aliphatic rings. The van der Waals surface area contributed by atoms with Crippen LogP contribution in [-0.4, -0.2) is 96.1 Å². The molecule has 0 aromatic carbocycles. The van der Waals surface area contributed by atoms with Crippen LogP contribution in [0.4, 0.5) is 0 Å². The van der Waals surface area contributed by atoms with Gasteiger partial charge in [0.25, 0.3) is 0 Å². The number of hydrogen-bond donors (Lipinski definition) is 6. The second-order valence-corrected chi connectivity index (χ2v) is 4.26. The summed E-state index contributed by atoms with van der Waals surface area (Å²) >= 11 is 3.87. The maximum atomic E-state index is 11.5. The van der Waals surface area contributed by atoms with E-state index in [9.17, 15) is 19.2 Å². The first-order chi connectivity index (χ1) is 9.27. The van der Waals surface area contributed by atoms with Gasteiger partial charge >= 0.3 is 49.7 Å². The molecule has 0 spiro atoms. The van der Waals surface area contributed by atoms with E-state index in [4.69, 9.17) is 15.9 Å². The van der Waals surface area contributed by atoms with Crippen molar-refractivity contribution in [3.05, 3.63) is 0 Å². The molecular formula is C10H19CaN3O6S. The van der Waals surface area contributed by atoms with E-state index in [0.717, 1.165) is 0 Å². The van der Waals surface area contributed by atoms with Gasteiger partial charge in [-0.2, -0.15) is 12.6 Å². The largest absolute Gasteiger partial charge is 2.00 e. The van der Waals surface area contributed by atoms with E-state index in [2.05, 4.69) is 23.3 Å². The van der Waals surface area contributed by atoms with Crippen molar-refractivity contribution in [2.45, 2.75) is 24.9 Å². The zero-order valence-electron chi connectivity index (χ0n) is 13.2. The smallest absolute Gasteiger partial charge is 1.00 e. The van der Waals surface area contributed by atoms with Gasteiger partial charge in [-0.3, -0.25) is 19.2 Å². The maximum Gasteiger partial charge on any atom is 2.00 e. The first kappa shape index (κ1) is 22.7. The van der Waals surface area contributed by atoms with Crippen LogP contribution in [0, 0.1) is 0 Å². The van der Waals surface area contributed by atoms with E-state index < -0.39 is 42.4 Å². The summed E-state index contributed by atoms with van der Waals surface area (Å²) in [7, 11) is 0. The molecule has 0 saturated heterocycles. The van der Waals surface area contributed by atoms with Gasteiger partial charge in [-0.15, -0.1) is 0 Å². The van der Waals surface area contributed by atoms with E-state index in [1.807, 2.05) is 0 Å². The Morgan fingerprint density at radius 3 is 2.24 bits per heavy atom. The summed E-state index contributed by atoms with van der Waals surface area (Å²) in [6.45, 7) is -0.567. The minimum Gasteiger partial charge on any atom is -1.00 e. The number of nitrogens with two attached hydrogens (primary N) is 1. The number of aliphatic carboxylic acids is 2. The topological polar surface area (TPSA) is 159 Å². The van der Waals surface area contributed by atoms with Crippen LogP contribution in [-0.2, 0) is 19.2 Å². The summed E-state index contributed by atoms with van der Waals surface area (Å²) < 4.78 is 0. The summed E-state index contributed by atoms with van der Waals surface area (Å²) in [4.78, 5) is 43.7. The third kappa shape index (κ3) is 10.8. The second-order valence-electron chi connectivity index (χ2n) is 3.90. The van der Waals surface area contributed by atoms with Crippen LogP contribution >= 0.6 is 12.6 Å². The Labute approximate surface area is 159 Å². The number of nitrogens with one attached hydrogen (secondary N) is 2. The van der Waals surface area contributed by atoms with Crippen molar-refractivity contribution in [3.63, 3.8) is 0 Å². The number of carbonyl (C=O) groups excluding carboxylic acids is 2. The van der Waals surface area contributed by atoms with E-state index in [1.165, 1.54) is 0 Å². The van der Waals surface area contributed by atoms with Crippen molar-refractivity contribution in [1.82, 2.24) is 10.6 Å². The van der Waals surface area contributed by atoms with Gasteiger partial charge < -0.3 is 29.4 Å². The molecule has 0 rings (SSSR count). The Hall–Kier alpha value is -0.550. The zero-order valence-corrected chi connectivity index (χ0v) is 14.3. The van der Waals surface area contributed by atoms with E-state index >= 15 is 0 Å². The SMILES string of the molecule is NC(CCC(=O)NC(CS)C(=O)NCC(=O)O)C(=O)O.[Ca+2].[H-].[H-]. The normalized spacial score (nSPS) is 12.5. The summed E-state index contributed by atoms with van der Waals surface area (Å²) in [5.41, 5.74) is 5.23. The molecule has 118 valence electrons. The number of carbonyl (C=O) groups is 4. The van der Waals surface area contributed by atoms with Crippen LogP contribution < -0.4 is 16.4 Å². The van der Waals surface area contributed by atoms with Crippen molar-refractivity contribution in [1.29, 1.82) is 0 Å². The van der Waals surface area contributed by atoms with Crippen molar-refractivity contribution in [2.24, 2.45) is 5.73 Å². The van der Waals surface area contributed by atoms with Crippen LogP contribution in [0.5, 0.6) is 0 Å². The third-order valence-corrected chi connectivity index (χ3v) is 2.61. The molecule has 21 heavy (non-hydrogen) atoms. The first-order valence-electron chi connectivity index (χ1n) is 5.66. The van der Waals surface area contributed by atoms with Gasteiger partial charge in [0.05, 0.1) is 0 Å². The average molecular weight is 349 g/mol. The van der Waals surface area contributed by atoms with E-state index in [-0.39, 0.29) is 59.2 Å². The molecule has 2 unspecified atom stereocenters. The van der Waals surface area contributed by atoms with Gasteiger partial charge in [0.15, 0.2) is 0 Å². The molecule has 0 saturated carbocycles. The molecule has 0 aliphatic carbocycles. The van der Waals surface area contributed by atoms with Crippen molar-refractivity contribution < 1.29 is 32.2 Å². The van der Waals surface area contributed by atoms with Crippen molar-refractivity contribution in [2.75, 3.05) is 12.3 Å². The summed E-state index contributed by atoms with van der Waals surface area (Å²) in [6.07, 6.45) is -0.235. The van der Waals surface area contributed by atoms with Crippen LogP contribution in [0.2, 0.25) is 0 Å². The third-order valence-electron chi connectivity index (χ3n) is 2.25. The fourth-order valence-corrected chi connectivity index (χ4v) is 1.41. The standard InChI is InChI=1S/C10H17N3O6S.Ca.2H/c11-5(10(18)19)1-2-7(14)13-6(4-20)9(17)12-3-8(15)16;;;/h5-6,20H,1-4,11H2,(H,12,17)(H,13,14)(H,15,16)(H,18,19);;;/q;+2;2*-1. The zero-order chi connectivity index (χ0) is 15.7. The quantitative estimate of drug-likeness (QED) is 0.201. The molecule has 0 heterocycles. The minimum absolute atomic E-state index is 0. The van der Waals surface area contributed by atoms with Crippen molar-refractivity contribution >= 4 is 74.1 Å². The van der Waals surface area contributed by atoms with Crippen LogP contribution in [0.25, 0.3) is 0 Å². The van der Waals surface area contributed by atoms with E-state index in [0.29, 0.717) is 0 Å². The molecule has 0 bridgehead atoms.